The quantitative estimate of drug-likeness (QED) is 0.426. The monoisotopic (exact) mass is 470 g/mol. The van der Waals surface area contributed by atoms with Crippen molar-refractivity contribution in [2.24, 2.45) is 5.92 Å². The number of carbonyl (C=O) groups is 1. The van der Waals surface area contributed by atoms with Crippen molar-refractivity contribution in [3.8, 4) is 0 Å². The summed E-state index contributed by atoms with van der Waals surface area (Å²) in [4.78, 5) is 12.6. The van der Waals surface area contributed by atoms with E-state index in [-0.39, 0.29) is 3.57 Å². The van der Waals surface area contributed by atoms with Gasteiger partial charge in [0.2, 0.25) is 0 Å². The summed E-state index contributed by atoms with van der Waals surface area (Å²) in [6.07, 6.45) is 2.15. The van der Waals surface area contributed by atoms with Crippen LogP contribution in [-0.4, -0.2) is 19.6 Å². The summed E-state index contributed by atoms with van der Waals surface area (Å²) >= 11 is -3.89. The van der Waals surface area contributed by atoms with Gasteiger partial charge in [0.15, 0.2) is 0 Å². The minimum absolute atomic E-state index is 0.220. The molecule has 0 N–H and O–H groups in total. The van der Waals surface area contributed by atoms with Crippen LogP contribution in [0, 0.1) is 9.49 Å². The first-order valence-corrected chi connectivity index (χ1v) is 12.1. The number of hydrogen-bond donors (Lipinski definition) is 0. The molecule has 1 aliphatic carbocycles. The standard InChI is InChI=1S/C16H20FIO5S/c1-16(2)12-8-4-5-9-13(12)18(17)23-24(20,21)14-10-6-3-7-11(14)15(19)22-16/h4-5,8-9,11,14H,3,6-7,10H2,1-2H3. The van der Waals surface area contributed by atoms with Gasteiger partial charge in [-0.3, -0.25) is 0 Å². The van der Waals surface area contributed by atoms with E-state index in [9.17, 15) is 16.1 Å². The molecular weight excluding hydrogens is 450 g/mol. The third-order valence-corrected chi connectivity index (χ3v) is 10.5. The molecular formula is C16H20FIO5S. The molecule has 5 nitrogen and oxygen atoms in total. The molecule has 2 unspecified atom stereocenters. The van der Waals surface area contributed by atoms with Crippen molar-refractivity contribution in [2.75, 3.05) is 0 Å². The molecule has 1 aromatic rings. The minimum atomic E-state index is -4.15. The zero-order valence-electron chi connectivity index (χ0n) is 13.5. The third kappa shape index (κ3) is 3.32. The van der Waals surface area contributed by atoms with E-state index in [1.165, 1.54) is 6.07 Å². The van der Waals surface area contributed by atoms with E-state index in [2.05, 4.69) is 0 Å². The molecule has 1 aliphatic heterocycles. The topological polar surface area (TPSA) is 69.7 Å². The second-order valence-electron chi connectivity index (χ2n) is 6.60. The van der Waals surface area contributed by atoms with Gasteiger partial charge in [0, 0.05) is 0 Å². The summed E-state index contributed by atoms with van der Waals surface area (Å²) in [5.41, 5.74) is -0.572. The van der Waals surface area contributed by atoms with Crippen LogP contribution in [-0.2, 0) is 27.8 Å². The molecule has 1 aromatic carbocycles. The van der Waals surface area contributed by atoms with Crippen molar-refractivity contribution in [3.63, 3.8) is 0 Å². The Bertz CT molecular complexity index is 749. The summed E-state index contributed by atoms with van der Waals surface area (Å²) in [5.74, 6) is -1.34. The van der Waals surface area contributed by atoms with Gasteiger partial charge in [-0.05, 0) is 0 Å². The number of halogens is 2. The molecule has 0 aromatic heterocycles. The van der Waals surface area contributed by atoms with E-state index in [0.717, 1.165) is 6.42 Å². The van der Waals surface area contributed by atoms with Gasteiger partial charge in [0.25, 0.3) is 0 Å². The van der Waals surface area contributed by atoms with E-state index >= 15 is 0 Å². The molecule has 2 atom stereocenters. The van der Waals surface area contributed by atoms with Crippen molar-refractivity contribution in [2.45, 2.75) is 50.4 Å². The molecule has 134 valence electrons. The maximum atomic E-state index is 14.8. The Morgan fingerprint density at radius 2 is 1.88 bits per heavy atom. The van der Waals surface area contributed by atoms with Crippen LogP contribution in [0.4, 0.5) is 2.86 Å². The first kappa shape index (κ1) is 18.1. The number of ether oxygens (including phenoxy) is 1. The molecule has 0 saturated heterocycles. The van der Waals surface area contributed by atoms with E-state index < -0.39 is 53.7 Å². The normalized spacial score (nSPS) is 30.6. The van der Waals surface area contributed by atoms with Crippen LogP contribution in [0.25, 0.3) is 0 Å². The Morgan fingerprint density at radius 1 is 1.21 bits per heavy atom. The summed E-state index contributed by atoms with van der Waals surface area (Å²) in [6, 6.07) is 6.52. The van der Waals surface area contributed by atoms with Crippen molar-refractivity contribution in [3.05, 3.63) is 33.4 Å². The van der Waals surface area contributed by atoms with E-state index in [4.69, 9.17) is 7.25 Å². The summed E-state index contributed by atoms with van der Waals surface area (Å²) in [6.45, 7) is 3.39. The van der Waals surface area contributed by atoms with Crippen LogP contribution in [0.1, 0.15) is 45.1 Å². The van der Waals surface area contributed by atoms with Crippen LogP contribution in [0.15, 0.2) is 24.3 Å². The average Bonchev–Trinajstić information content (AvgIpc) is 2.53. The Morgan fingerprint density at radius 3 is 2.62 bits per heavy atom. The molecule has 1 heterocycles. The molecule has 0 amide bonds. The van der Waals surface area contributed by atoms with E-state index in [1.807, 2.05) is 0 Å². The fourth-order valence-electron chi connectivity index (χ4n) is 3.33. The number of hydrogen-bond acceptors (Lipinski definition) is 5. The zero-order valence-corrected chi connectivity index (χ0v) is 16.5. The van der Waals surface area contributed by atoms with Crippen LogP contribution in [0.3, 0.4) is 0 Å². The number of fused-ring (bicyclic) bond motifs is 2. The molecule has 0 spiro atoms. The number of rotatable bonds is 0. The van der Waals surface area contributed by atoms with Gasteiger partial charge in [-0.15, -0.1) is 0 Å². The molecule has 0 bridgehead atoms. The van der Waals surface area contributed by atoms with E-state index in [1.54, 1.807) is 32.0 Å². The summed E-state index contributed by atoms with van der Waals surface area (Å²) in [5, 5.41) is -1.02. The second kappa shape index (κ2) is 6.53. The average molecular weight is 470 g/mol. The Balaban J connectivity index is 2.12. The van der Waals surface area contributed by atoms with Gasteiger partial charge in [-0.1, -0.05) is 0 Å². The number of cyclic esters (lactones) is 1. The van der Waals surface area contributed by atoms with Crippen LogP contribution in [0.5, 0.6) is 0 Å². The summed E-state index contributed by atoms with van der Waals surface area (Å²) in [7, 11) is -4.15. The van der Waals surface area contributed by atoms with Crippen LogP contribution in [0.2, 0.25) is 0 Å². The van der Waals surface area contributed by atoms with Gasteiger partial charge >= 0.3 is 150 Å². The second-order valence-corrected chi connectivity index (χ2v) is 11.7. The van der Waals surface area contributed by atoms with Gasteiger partial charge in [0.05, 0.1) is 0 Å². The summed E-state index contributed by atoms with van der Waals surface area (Å²) < 4.78 is 50.8. The van der Waals surface area contributed by atoms with Gasteiger partial charge in [-0.25, -0.2) is 0 Å². The Hall–Kier alpha value is -0.740. The molecule has 8 heteroatoms. The van der Waals surface area contributed by atoms with Crippen molar-refractivity contribution in [1.82, 2.24) is 0 Å². The van der Waals surface area contributed by atoms with Crippen molar-refractivity contribution >= 4 is 36.9 Å². The molecule has 1 saturated carbocycles. The number of benzene rings is 1. The molecule has 2 aliphatic rings. The van der Waals surface area contributed by atoms with Crippen molar-refractivity contribution < 1.29 is 23.3 Å². The predicted molar refractivity (Wildman–Crippen MR) is 95.1 cm³/mol. The van der Waals surface area contributed by atoms with Gasteiger partial charge in [-0.2, -0.15) is 0 Å². The molecule has 24 heavy (non-hydrogen) atoms. The number of carbonyl (C=O) groups excluding carboxylic acids is 1. The zero-order chi connectivity index (χ0) is 17.5. The van der Waals surface area contributed by atoms with Crippen LogP contribution >= 0.6 is 20.8 Å². The molecule has 0 radical (unpaired) electrons. The van der Waals surface area contributed by atoms with E-state index in [0.29, 0.717) is 24.8 Å². The van der Waals surface area contributed by atoms with Crippen LogP contribution < -0.4 is 0 Å². The SMILES string of the molecule is CC1(C)OC(=O)C2CCCCC2S(=O)(=O)OI(F)c2ccccc21. The van der Waals surface area contributed by atoms with Crippen molar-refractivity contribution in [1.29, 1.82) is 0 Å². The van der Waals surface area contributed by atoms with Gasteiger partial charge in [0.1, 0.15) is 0 Å². The fraction of sp³-hybridized carbons (Fsp3) is 0.562. The van der Waals surface area contributed by atoms with Gasteiger partial charge < -0.3 is 0 Å². The Kier molecular flexibility index (Phi) is 4.91. The first-order chi connectivity index (χ1) is 11.2. The molecule has 3 rings (SSSR count). The molecule has 1 fully saturated rings. The first-order valence-electron chi connectivity index (χ1n) is 7.85. The third-order valence-electron chi connectivity index (χ3n) is 4.56. The Labute approximate surface area is 149 Å². The maximum absolute atomic E-state index is 14.8. The number of esters is 1. The predicted octanol–water partition coefficient (Wildman–Crippen LogP) is 3.86. The fourth-order valence-corrected chi connectivity index (χ4v) is 9.23.